The van der Waals surface area contributed by atoms with E-state index in [0.717, 1.165) is 10.0 Å². The molecule has 0 aliphatic rings. The van der Waals surface area contributed by atoms with Gasteiger partial charge in [-0.2, -0.15) is 5.26 Å². The maximum atomic E-state index is 12.1. The largest absolute Gasteiger partial charge is 0.340 e. The van der Waals surface area contributed by atoms with E-state index in [1.54, 1.807) is 24.9 Å². The van der Waals surface area contributed by atoms with Crippen molar-refractivity contribution in [2.45, 2.75) is 13.8 Å². The van der Waals surface area contributed by atoms with E-state index in [0.29, 0.717) is 12.1 Å². The van der Waals surface area contributed by atoms with Gasteiger partial charge < -0.3 is 4.90 Å². The molecule has 4 heteroatoms. The molecule has 1 atom stereocenters. The van der Waals surface area contributed by atoms with Crippen LogP contribution >= 0.6 is 15.9 Å². The predicted octanol–water partition coefficient (Wildman–Crippen LogP) is 2.99. The highest BCUT2D eigenvalue weighted by atomic mass is 79.9. The van der Waals surface area contributed by atoms with Gasteiger partial charge in [0.15, 0.2) is 0 Å². The lowest BCUT2D eigenvalue weighted by Gasteiger charge is -2.18. The first kappa shape index (κ1) is 13.7. The van der Waals surface area contributed by atoms with Gasteiger partial charge in [-0.05, 0) is 31.5 Å². The molecule has 1 unspecified atom stereocenters. The molecule has 1 aromatic carbocycles. The molecule has 0 aliphatic carbocycles. The molecule has 0 heterocycles. The summed E-state index contributed by atoms with van der Waals surface area (Å²) in [5.74, 6) is -0.217. The van der Waals surface area contributed by atoms with Crippen LogP contribution in [-0.4, -0.2) is 24.4 Å². The summed E-state index contributed by atoms with van der Waals surface area (Å²) in [6.07, 6.45) is 0. The number of nitrogens with zero attached hydrogens (tertiary/aromatic N) is 2. The third-order valence-electron chi connectivity index (χ3n) is 2.53. The van der Waals surface area contributed by atoms with Crippen molar-refractivity contribution in [3.05, 3.63) is 33.8 Å². The van der Waals surface area contributed by atoms with E-state index in [4.69, 9.17) is 5.26 Å². The molecule has 1 amide bonds. The Kier molecular flexibility index (Phi) is 4.71. The second kappa shape index (κ2) is 5.83. The molecule has 17 heavy (non-hydrogen) atoms. The first-order valence-electron chi connectivity index (χ1n) is 5.37. The molecular formula is C13H15BrN2O. The van der Waals surface area contributed by atoms with Gasteiger partial charge in [0.05, 0.1) is 12.0 Å². The Morgan fingerprint density at radius 1 is 1.59 bits per heavy atom. The Morgan fingerprint density at radius 2 is 2.24 bits per heavy atom. The number of nitriles is 1. The zero-order valence-electron chi connectivity index (χ0n) is 10.2. The number of rotatable bonds is 3. The van der Waals surface area contributed by atoms with Crippen LogP contribution in [0.5, 0.6) is 0 Å². The molecule has 0 aromatic heterocycles. The average Bonchev–Trinajstić information content (AvgIpc) is 2.31. The fraction of sp³-hybridized carbons (Fsp3) is 0.385. The average molecular weight is 295 g/mol. The Balaban J connectivity index is 2.82. The van der Waals surface area contributed by atoms with Crippen LogP contribution < -0.4 is 0 Å². The number of benzene rings is 1. The van der Waals surface area contributed by atoms with Crippen LogP contribution in [0.3, 0.4) is 0 Å². The van der Waals surface area contributed by atoms with E-state index in [-0.39, 0.29) is 11.8 Å². The maximum Gasteiger partial charge on any atom is 0.253 e. The van der Waals surface area contributed by atoms with Crippen LogP contribution in [0.15, 0.2) is 22.7 Å². The maximum absolute atomic E-state index is 12.1. The van der Waals surface area contributed by atoms with Crippen molar-refractivity contribution >= 4 is 21.8 Å². The smallest absolute Gasteiger partial charge is 0.253 e. The summed E-state index contributed by atoms with van der Waals surface area (Å²) in [5, 5.41) is 8.72. The minimum Gasteiger partial charge on any atom is -0.340 e. The minimum absolute atomic E-state index is 0.0622. The lowest BCUT2D eigenvalue weighted by Crippen LogP contribution is -2.30. The van der Waals surface area contributed by atoms with Crippen LogP contribution in [0.25, 0.3) is 0 Å². The van der Waals surface area contributed by atoms with Crippen LogP contribution in [-0.2, 0) is 0 Å². The zero-order chi connectivity index (χ0) is 13.0. The number of hydrogen-bond acceptors (Lipinski definition) is 2. The molecule has 0 N–H and O–H groups in total. The molecule has 0 fully saturated rings. The van der Waals surface area contributed by atoms with Crippen LogP contribution in [0.1, 0.15) is 22.8 Å². The van der Waals surface area contributed by atoms with Crippen molar-refractivity contribution < 1.29 is 4.79 Å². The normalized spacial score (nSPS) is 11.7. The SMILES string of the molecule is Cc1ccc(C(=O)N(C)CC(C)C#N)cc1Br. The van der Waals surface area contributed by atoms with Crippen molar-refractivity contribution in [1.82, 2.24) is 4.90 Å². The topological polar surface area (TPSA) is 44.1 Å². The summed E-state index contributed by atoms with van der Waals surface area (Å²) < 4.78 is 0.921. The lowest BCUT2D eigenvalue weighted by molar-refractivity contribution is 0.0785. The van der Waals surface area contributed by atoms with Crippen LogP contribution in [0.4, 0.5) is 0 Å². The zero-order valence-corrected chi connectivity index (χ0v) is 11.8. The standard InChI is InChI=1S/C13H15BrN2O/c1-9(7-15)8-16(3)13(17)11-5-4-10(2)12(14)6-11/h4-6,9H,8H2,1-3H3. The molecule has 0 spiro atoms. The van der Waals surface area contributed by atoms with Gasteiger partial charge in [-0.1, -0.05) is 22.0 Å². The summed E-state index contributed by atoms with van der Waals surface area (Å²) in [6.45, 7) is 4.22. The van der Waals surface area contributed by atoms with E-state index in [1.807, 2.05) is 19.1 Å². The summed E-state index contributed by atoms with van der Waals surface area (Å²) in [4.78, 5) is 13.6. The monoisotopic (exact) mass is 294 g/mol. The highest BCUT2D eigenvalue weighted by Crippen LogP contribution is 2.18. The first-order valence-corrected chi connectivity index (χ1v) is 6.16. The van der Waals surface area contributed by atoms with Crippen LogP contribution in [0, 0.1) is 24.2 Å². The number of halogens is 1. The Labute approximate surface area is 110 Å². The summed E-state index contributed by atoms with van der Waals surface area (Å²) in [7, 11) is 1.71. The van der Waals surface area contributed by atoms with Crippen molar-refractivity contribution in [1.29, 1.82) is 5.26 Å². The molecule has 0 saturated carbocycles. The summed E-state index contributed by atoms with van der Waals surface area (Å²) in [6, 6.07) is 7.63. The van der Waals surface area contributed by atoms with Gasteiger partial charge in [-0.3, -0.25) is 4.79 Å². The Morgan fingerprint density at radius 3 is 2.76 bits per heavy atom. The Hall–Kier alpha value is -1.34. The number of carbonyl (C=O) groups is 1. The van der Waals surface area contributed by atoms with E-state index in [1.165, 1.54) is 0 Å². The van der Waals surface area contributed by atoms with Gasteiger partial charge in [0.25, 0.3) is 5.91 Å². The Bertz CT molecular complexity index is 465. The van der Waals surface area contributed by atoms with Gasteiger partial charge >= 0.3 is 0 Å². The molecule has 0 bridgehead atoms. The molecule has 1 rings (SSSR count). The molecule has 3 nitrogen and oxygen atoms in total. The van der Waals surface area contributed by atoms with Crippen molar-refractivity contribution in [3.8, 4) is 6.07 Å². The minimum atomic E-state index is -0.155. The molecular weight excluding hydrogens is 280 g/mol. The van der Waals surface area contributed by atoms with Crippen molar-refractivity contribution in [3.63, 3.8) is 0 Å². The third kappa shape index (κ3) is 3.57. The van der Waals surface area contributed by atoms with Gasteiger partial charge in [0.2, 0.25) is 0 Å². The fourth-order valence-electron chi connectivity index (χ4n) is 1.48. The highest BCUT2D eigenvalue weighted by molar-refractivity contribution is 9.10. The molecule has 1 aromatic rings. The lowest BCUT2D eigenvalue weighted by atomic mass is 10.1. The third-order valence-corrected chi connectivity index (χ3v) is 3.39. The number of amides is 1. The summed E-state index contributed by atoms with van der Waals surface area (Å²) in [5.41, 5.74) is 1.73. The van der Waals surface area contributed by atoms with Gasteiger partial charge in [-0.15, -0.1) is 0 Å². The van der Waals surface area contributed by atoms with E-state index in [9.17, 15) is 4.79 Å². The number of aryl methyl sites for hydroxylation is 1. The van der Waals surface area contributed by atoms with Crippen LogP contribution in [0.2, 0.25) is 0 Å². The molecule has 0 radical (unpaired) electrons. The predicted molar refractivity (Wildman–Crippen MR) is 70.6 cm³/mol. The molecule has 90 valence electrons. The van der Waals surface area contributed by atoms with Crippen molar-refractivity contribution in [2.75, 3.05) is 13.6 Å². The highest BCUT2D eigenvalue weighted by Gasteiger charge is 2.14. The fourth-order valence-corrected chi connectivity index (χ4v) is 1.86. The quantitative estimate of drug-likeness (QED) is 0.860. The van der Waals surface area contributed by atoms with E-state index >= 15 is 0 Å². The number of carbonyl (C=O) groups excluding carboxylic acids is 1. The molecule has 0 aliphatic heterocycles. The number of hydrogen-bond donors (Lipinski definition) is 0. The van der Waals surface area contributed by atoms with Gasteiger partial charge in [0.1, 0.15) is 0 Å². The first-order chi connectivity index (χ1) is 7.95. The van der Waals surface area contributed by atoms with Gasteiger partial charge in [-0.25, -0.2) is 0 Å². The second-order valence-electron chi connectivity index (χ2n) is 4.18. The van der Waals surface area contributed by atoms with E-state index in [2.05, 4.69) is 22.0 Å². The van der Waals surface area contributed by atoms with Gasteiger partial charge in [0, 0.05) is 23.6 Å². The second-order valence-corrected chi connectivity index (χ2v) is 5.03. The van der Waals surface area contributed by atoms with Crippen molar-refractivity contribution in [2.24, 2.45) is 5.92 Å². The summed E-state index contributed by atoms with van der Waals surface area (Å²) >= 11 is 3.40. The van der Waals surface area contributed by atoms with E-state index < -0.39 is 0 Å². The molecule has 0 saturated heterocycles.